The van der Waals surface area contributed by atoms with E-state index in [4.69, 9.17) is 16.6 Å². The number of fused-ring (bicyclic) bond motifs is 2. The van der Waals surface area contributed by atoms with E-state index in [1.807, 2.05) is 22.9 Å². The Morgan fingerprint density at radius 3 is 2.64 bits per heavy atom. The Morgan fingerprint density at radius 2 is 1.83 bits per heavy atom. The van der Waals surface area contributed by atoms with Crippen LogP contribution < -0.4 is 15.8 Å². The highest BCUT2D eigenvalue weighted by Gasteiger charge is 2.37. The second-order valence-corrected chi connectivity index (χ2v) is 13.0. The lowest BCUT2D eigenvalue weighted by Crippen LogP contribution is -2.40. The lowest BCUT2D eigenvalue weighted by molar-refractivity contribution is 0.102. The van der Waals surface area contributed by atoms with Crippen molar-refractivity contribution in [2.24, 2.45) is 5.41 Å². The van der Waals surface area contributed by atoms with Crippen molar-refractivity contribution < 1.29 is 9.90 Å². The number of amides is 1. The molecule has 7 rings (SSSR count). The molecule has 0 atom stereocenters. The molecule has 0 unspecified atom stereocenters. The van der Waals surface area contributed by atoms with Crippen LogP contribution in [0.4, 0.5) is 11.6 Å². The predicted molar refractivity (Wildman–Crippen MR) is 162 cm³/mol. The Bertz CT molecular complexity index is 1740. The largest absolute Gasteiger partial charge is 0.493 e. The van der Waals surface area contributed by atoms with E-state index < -0.39 is 17.3 Å². The van der Waals surface area contributed by atoms with Crippen molar-refractivity contribution in [3.05, 3.63) is 63.6 Å². The number of aromatic nitrogens is 5. The molecule has 3 aromatic heterocycles. The summed E-state index contributed by atoms with van der Waals surface area (Å²) in [7, 11) is 0. The smallest absolute Gasteiger partial charge is 0.270 e. The van der Waals surface area contributed by atoms with E-state index in [1.54, 1.807) is 18.3 Å². The van der Waals surface area contributed by atoms with Crippen LogP contribution in [0.15, 0.2) is 51.4 Å². The Labute approximate surface area is 252 Å². The molecule has 12 heteroatoms. The summed E-state index contributed by atoms with van der Waals surface area (Å²) in [5, 5.41) is 13.4. The van der Waals surface area contributed by atoms with Gasteiger partial charge >= 0.3 is 0 Å². The van der Waals surface area contributed by atoms with E-state index in [2.05, 4.69) is 20.2 Å². The summed E-state index contributed by atoms with van der Waals surface area (Å²) >= 11 is 8.18. The maximum Gasteiger partial charge on any atom is 0.270 e. The number of nitrogens with one attached hydrogen (secondary N) is 1. The minimum atomic E-state index is -0.752. The average Bonchev–Trinajstić information content (AvgIpc) is 3.67. The van der Waals surface area contributed by atoms with Crippen LogP contribution in [0.1, 0.15) is 67.5 Å². The number of aromatic hydroxyl groups is 1. The maximum absolute atomic E-state index is 13.2. The number of imidazole rings is 1. The number of aryl methyl sites for hydroxylation is 1. The highest BCUT2D eigenvalue weighted by molar-refractivity contribution is 7.99. The molecule has 2 fully saturated rings. The van der Waals surface area contributed by atoms with Crippen molar-refractivity contribution in [1.82, 2.24) is 23.9 Å². The summed E-state index contributed by atoms with van der Waals surface area (Å²) in [5.41, 5.74) is 0.712. The van der Waals surface area contributed by atoms with Gasteiger partial charge in [0.05, 0.1) is 15.6 Å². The molecule has 2 N–H and O–H groups in total. The number of hydrogen-bond acceptors (Lipinski definition) is 8. The maximum atomic E-state index is 13.2. The van der Waals surface area contributed by atoms with E-state index in [0.29, 0.717) is 39.8 Å². The first-order valence-corrected chi connectivity index (χ1v) is 15.8. The summed E-state index contributed by atoms with van der Waals surface area (Å²) in [5.74, 6) is 0.0843. The SMILES string of the molecule is O=C(Nc1cccc(Sc2cnc(N3CCC4(CCCC4)CC3)n3ccnc23)c1Cl)c1c(O)nc2n(c1=O)CCCC2. The number of anilines is 2. The molecule has 4 aromatic rings. The first-order chi connectivity index (χ1) is 20.4. The standard InChI is InChI=1S/C30H32ClN7O3S/c31-24-19(34-26(39)23-27(40)35-22-8-1-4-14-37(22)28(23)41)6-5-7-20(24)42-21-18-33-29(38-17-13-32-25(21)38)36-15-11-30(12-16-36)9-2-3-10-30/h5-7,13,17-18,40H,1-4,8-12,14-16H2,(H,34,39). The molecule has 1 saturated heterocycles. The first kappa shape index (κ1) is 27.3. The van der Waals surface area contributed by atoms with Gasteiger partial charge in [0.1, 0.15) is 5.82 Å². The Kier molecular flexibility index (Phi) is 7.09. The number of benzene rings is 1. The van der Waals surface area contributed by atoms with Gasteiger partial charge in [0.15, 0.2) is 11.2 Å². The van der Waals surface area contributed by atoms with Crippen LogP contribution >= 0.6 is 23.4 Å². The fourth-order valence-corrected chi connectivity index (χ4v) is 7.96. The van der Waals surface area contributed by atoms with Crippen LogP contribution in [0.5, 0.6) is 5.88 Å². The quantitative estimate of drug-likeness (QED) is 0.304. The molecule has 2 aliphatic heterocycles. The molecule has 1 amide bonds. The van der Waals surface area contributed by atoms with Gasteiger partial charge in [-0.25, -0.2) is 9.97 Å². The lowest BCUT2D eigenvalue weighted by atomic mass is 9.77. The van der Waals surface area contributed by atoms with Gasteiger partial charge in [-0.1, -0.05) is 42.3 Å². The molecular weight excluding hydrogens is 574 g/mol. The van der Waals surface area contributed by atoms with Gasteiger partial charge in [0.25, 0.3) is 11.5 Å². The van der Waals surface area contributed by atoms with Crippen LogP contribution in [-0.2, 0) is 13.0 Å². The zero-order valence-electron chi connectivity index (χ0n) is 23.2. The zero-order valence-corrected chi connectivity index (χ0v) is 24.8. The van der Waals surface area contributed by atoms with Crippen molar-refractivity contribution in [1.29, 1.82) is 0 Å². The topological polar surface area (TPSA) is 118 Å². The van der Waals surface area contributed by atoms with Gasteiger partial charge < -0.3 is 15.3 Å². The van der Waals surface area contributed by atoms with Crippen molar-refractivity contribution in [3.8, 4) is 5.88 Å². The Morgan fingerprint density at radius 1 is 1.02 bits per heavy atom. The van der Waals surface area contributed by atoms with E-state index >= 15 is 0 Å². The number of nitrogens with zero attached hydrogens (tertiary/aromatic N) is 6. The highest BCUT2D eigenvalue weighted by Crippen LogP contribution is 2.47. The number of carbonyl (C=O) groups is 1. The van der Waals surface area contributed by atoms with Crippen molar-refractivity contribution in [2.45, 2.75) is 74.1 Å². The third-order valence-corrected chi connectivity index (χ3v) is 10.7. The van der Waals surface area contributed by atoms with Crippen LogP contribution in [0, 0.1) is 5.41 Å². The number of hydrogen-bond donors (Lipinski definition) is 2. The molecule has 3 aliphatic rings. The summed E-state index contributed by atoms with van der Waals surface area (Å²) in [4.78, 5) is 43.6. The van der Waals surface area contributed by atoms with E-state index in [-0.39, 0.29) is 5.56 Å². The lowest BCUT2D eigenvalue weighted by Gasteiger charge is -2.39. The van der Waals surface area contributed by atoms with Crippen molar-refractivity contribution >= 4 is 46.6 Å². The van der Waals surface area contributed by atoms with Crippen LogP contribution in [0.2, 0.25) is 5.02 Å². The minimum absolute atomic E-state index is 0.313. The number of rotatable bonds is 5. The molecular formula is C30H32ClN7O3S. The van der Waals surface area contributed by atoms with E-state index in [1.165, 1.54) is 54.9 Å². The molecule has 1 aromatic carbocycles. The molecule has 5 heterocycles. The molecule has 1 spiro atoms. The third kappa shape index (κ3) is 4.82. The van der Waals surface area contributed by atoms with Gasteiger partial charge in [-0.2, -0.15) is 4.98 Å². The summed E-state index contributed by atoms with van der Waals surface area (Å²) in [6, 6.07) is 5.29. The molecule has 218 valence electrons. The molecule has 10 nitrogen and oxygen atoms in total. The second-order valence-electron chi connectivity index (χ2n) is 11.6. The normalized spacial score (nSPS) is 18.0. The molecule has 42 heavy (non-hydrogen) atoms. The van der Waals surface area contributed by atoms with Gasteiger partial charge in [0, 0.05) is 49.5 Å². The van der Waals surface area contributed by atoms with E-state index in [9.17, 15) is 14.7 Å². The van der Waals surface area contributed by atoms with Crippen molar-refractivity contribution in [2.75, 3.05) is 23.3 Å². The fraction of sp³-hybridized carbons (Fsp3) is 0.433. The first-order valence-electron chi connectivity index (χ1n) is 14.6. The average molecular weight is 606 g/mol. The van der Waals surface area contributed by atoms with Crippen molar-refractivity contribution in [3.63, 3.8) is 0 Å². The summed E-state index contributed by atoms with van der Waals surface area (Å²) < 4.78 is 3.50. The Balaban J connectivity index is 1.12. The predicted octanol–water partition coefficient (Wildman–Crippen LogP) is 5.55. The number of carbonyl (C=O) groups excluding carboxylic acids is 1. The molecule has 0 radical (unpaired) electrons. The van der Waals surface area contributed by atoms with Gasteiger partial charge in [-0.15, -0.1) is 0 Å². The monoisotopic (exact) mass is 605 g/mol. The van der Waals surface area contributed by atoms with Gasteiger partial charge in [-0.05, 0) is 56.1 Å². The number of piperidine rings is 1. The molecule has 1 saturated carbocycles. The second kappa shape index (κ2) is 10.9. The minimum Gasteiger partial charge on any atom is -0.493 e. The highest BCUT2D eigenvalue weighted by atomic mass is 35.5. The Hall–Kier alpha value is -3.57. The summed E-state index contributed by atoms with van der Waals surface area (Å²) in [6.07, 6.45) is 15.7. The number of halogens is 1. The summed E-state index contributed by atoms with van der Waals surface area (Å²) in [6.45, 7) is 2.47. The van der Waals surface area contributed by atoms with Crippen LogP contribution in [-0.4, -0.2) is 48.0 Å². The van der Waals surface area contributed by atoms with E-state index in [0.717, 1.165) is 42.4 Å². The molecule has 0 bridgehead atoms. The van der Waals surface area contributed by atoms with Crippen LogP contribution in [0.25, 0.3) is 5.65 Å². The van der Waals surface area contributed by atoms with Gasteiger partial charge in [0.2, 0.25) is 11.8 Å². The fourth-order valence-electron chi connectivity index (χ4n) is 6.74. The van der Waals surface area contributed by atoms with Gasteiger partial charge in [-0.3, -0.25) is 18.6 Å². The zero-order chi connectivity index (χ0) is 28.8. The molecule has 1 aliphatic carbocycles. The third-order valence-electron chi connectivity index (χ3n) is 9.06. The van der Waals surface area contributed by atoms with Crippen LogP contribution in [0.3, 0.4) is 0 Å².